The lowest BCUT2D eigenvalue weighted by molar-refractivity contribution is -0.120. The summed E-state index contributed by atoms with van der Waals surface area (Å²) in [7, 11) is -10.1. The Hall–Kier alpha value is -3.10. The minimum absolute atomic E-state index is 0.0665. The van der Waals surface area contributed by atoms with Crippen molar-refractivity contribution in [1.82, 2.24) is 0 Å². The van der Waals surface area contributed by atoms with E-state index in [1.807, 2.05) is 0 Å². The number of halogens is 1. The molecule has 0 aromatic heterocycles. The molecular weight excluding hydrogens is 499 g/mol. The number of alkyl halides is 1. The summed E-state index contributed by atoms with van der Waals surface area (Å²) in [5.74, 6) is -1.58. The van der Waals surface area contributed by atoms with Gasteiger partial charge in [-0.1, -0.05) is 66.7 Å². The van der Waals surface area contributed by atoms with Gasteiger partial charge in [-0.05, 0) is 54.7 Å². The average molecular weight is 527 g/mol. The zero-order valence-electron chi connectivity index (χ0n) is 19.6. The number of rotatable bonds is 9. The van der Waals surface area contributed by atoms with E-state index < -0.39 is 39.7 Å². The lowest BCUT2D eigenvalue weighted by Crippen LogP contribution is -2.47. The molecule has 1 fully saturated rings. The molecule has 36 heavy (non-hydrogen) atoms. The molecule has 8 heteroatoms. The van der Waals surface area contributed by atoms with Crippen molar-refractivity contribution in [1.29, 1.82) is 0 Å². The zero-order valence-corrected chi connectivity index (χ0v) is 21.2. The van der Waals surface area contributed by atoms with Crippen molar-refractivity contribution in [2.45, 2.75) is 45.7 Å². The maximum atomic E-state index is 17.3. The second-order valence-corrected chi connectivity index (χ2v) is 13.3. The van der Waals surface area contributed by atoms with E-state index in [1.165, 1.54) is 60.7 Å². The first kappa shape index (κ1) is 26.0. The number of sulfone groups is 2. The first-order valence-corrected chi connectivity index (χ1v) is 14.6. The van der Waals surface area contributed by atoms with E-state index in [0.29, 0.717) is 12.8 Å². The quantitative estimate of drug-likeness (QED) is 0.347. The summed E-state index contributed by atoms with van der Waals surface area (Å²) in [6.45, 7) is 3.62. The summed E-state index contributed by atoms with van der Waals surface area (Å²) in [5.41, 5.74) is 0.983. The summed E-state index contributed by atoms with van der Waals surface area (Å²) < 4.78 is 68.5. The van der Waals surface area contributed by atoms with Crippen molar-refractivity contribution < 1.29 is 26.0 Å². The SMILES string of the molecule is C=C[C@@H](c1ccc(CC2CCCC2=O)cc1)C(F)(S(=O)(=O)c1ccccc1)S(=O)(=O)c1ccccc1. The van der Waals surface area contributed by atoms with Gasteiger partial charge in [-0.2, -0.15) is 0 Å². The maximum absolute atomic E-state index is 17.3. The Labute approximate surface area is 211 Å². The highest BCUT2D eigenvalue weighted by molar-refractivity contribution is 8.10. The van der Waals surface area contributed by atoms with Gasteiger partial charge < -0.3 is 0 Å². The van der Waals surface area contributed by atoms with Gasteiger partial charge in [0, 0.05) is 12.3 Å². The van der Waals surface area contributed by atoms with Crippen LogP contribution in [0.4, 0.5) is 4.39 Å². The largest absolute Gasteiger partial charge is 0.327 e. The van der Waals surface area contributed by atoms with Gasteiger partial charge in [-0.3, -0.25) is 4.79 Å². The number of carbonyl (C=O) groups is 1. The normalized spacial score (nSPS) is 17.6. The fourth-order valence-electron chi connectivity index (χ4n) is 4.72. The third kappa shape index (κ3) is 4.44. The predicted molar refractivity (Wildman–Crippen MR) is 137 cm³/mol. The predicted octanol–water partition coefficient (Wildman–Crippen LogP) is 5.44. The standard InChI is InChI=1S/C28H27FO5S2/c1-2-26(22-18-16-21(17-19-22)20-23-10-9-15-27(23)30)28(29,35(31,32)24-11-5-3-6-12-24)36(33,34)25-13-7-4-8-14-25/h2-8,11-14,16-19,23,26H,1,9-10,15,20H2/t23?,26-/m0/s1. The molecule has 1 unspecified atom stereocenters. The second kappa shape index (κ2) is 10.1. The molecule has 3 aromatic carbocycles. The van der Waals surface area contributed by atoms with Gasteiger partial charge in [0.25, 0.3) is 0 Å². The van der Waals surface area contributed by atoms with Crippen LogP contribution in [0.25, 0.3) is 0 Å². The van der Waals surface area contributed by atoms with Gasteiger partial charge in [0.05, 0.1) is 15.7 Å². The number of carbonyl (C=O) groups excluding carboxylic acids is 1. The van der Waals surface area contributed by atoms with Crippen LogP contribution in [0, 0.1) is 5.92 Å². The van der Waals surface area contributed by atoms with Gasteiger partial charge >= 0.3 is 4.33 Å². The Morgan fingerprint density at radius 1 is 0.861 bits per heavy atom. The summed E-state index contributed by atoms with van der Waals surface area (Å²) in [5, 5.41) is 0. The van der Waals surface area contributed by atoms with E-state index in [2.05, 4.69) is 6.58 Å². The van der Waals surface area contributed by atoms with E-state index >= 15 is 4.39 Å². The number of benzene rings is 3. The highest BCUT2D eigenvalue weighted by Gasteiger charge is 2.62. The number of Topliss-reactive ketones (excluding diaryl/α,β-unsaturated/α-hetero) is 1. The number of allylic oxidation sites excluding steroid dienone is 1. The molecule has 2 atom stereocenters. The Balaban J connectivity index is 1.84. The van der Waals surface area contributed by atoms with Crippen LogP contribution in [0.1, 0.15) is 36.3 Å². The van der Waals surface area contributed by atoms with Crippen molar-refractivity contribution in [2.75, 3.05) is 0 Å². The summed E-state index contributed by atoms with van der Waals surface area (Å²) >= 11 is 0. The first-order chi connectivity index (χ1) is 17.1. The maximum Gasteiger partial charge on any atom is 0.327 e. The van der Waals surface area contributed by atoms with Crippen molar-refractivity contribution in [3.05, 3.63) is 109 Å². The van der Waals surface area contributed by atoms with Gasteiger partial charge in [0.1, 0.15) is 5.78 Å². The molecule has 188 valence electrons. The molecule has 0 N–H and O–H groups in total. The third-order valence-corrected chi connectivity index (χ3v) is 11.8. The molecule has 1 aliphatic carbocycles. The van der Waals surface area contributed by atoms with E-state index in [1.54, 1.807) is 24.3 Å². The third-order valence-electron chi connectivity index (χ3n) is 6.70. The van der Waals surface area contributed by atoms with E-state index in [-0.39, 0.29) is 17.3 Å². The molecule has 3 aromatic rings. The fraction of sp³-hybridized carbons (Fsp3) is 0.250. The Morgan fingerprint density at radius 3 is 1.78 bits per heavy atom. The van der Waals surface area contributed by atoms with Gasteiger partial charge in [0.2, 0.25) is 19.7 Å². The van der Waals surface area contributed by atoms with Crippen molar-refractivity contribution >= 4 is 25.5 Å². The van der Waals surface area contributed by atoms with E-state index in [9.17, 15) is 21.6 Å². The number of hydrogen-bond acceptors (Lipinski definition) is 5. The first-order valence-electron chi connectivity index (χ1n) is 11.7. The lowest BCUT2D eigenvalue weighted by Gasteiger charge is -2.31. The van der Waals surface area contributed by atoms with Gasteiger partial charge in [-0.25, -0.2) is 21.2 Å². The van der Waals surface area contributed by atoms with E-state index in [4.69, 9.17) is 0 Å². The monoisotopic (exact) mass is 526 g/mol. The number of ketones is 1. The fourth-order valence-corrected chi connectivity index (χ4v) is 9.26. The topological polar surface area (TPSA) is 85.3 Å². The molecule has 0 bridgehead atoms. The molecule has 4 rings (SSSR count). The van der Waals surface area contributed by atoms with Crippen LogP contribution in [0.5, 0.6) is 0 Å². The van der Waals surface area contributed by atoms with Crippen LogP contribution < -0.4 is 0 Å². The molecule has 0 amide bonds. The molecule has 0 saturated heterocycles. The molecular formula is C28H27FO5S2. The highest BCUT2D eigenvalue weighted by Crippen LogP contribution is 2.47. The molecule has 5 nitrogen and oxygen atoms in total. The highest BCUT2D eigenvalue weighted by atomic mass is 32.3. The minimum atomic E-state index is -5.07. The van der Waals surface area contributed by atoms with E-state index in [0.717, 1.165) is 24.5 Å². The molecule has 1 saturated carbocycles. The molecule has 0 heterocycles. The molecule has 1 aliphatic rings. The second-order valence-electron chi connectivity index (χ2n) is 8.93. The molecule has 0 aliphatic heterocycles. The summed E-state index contributed by atoms with van der Waals surface area (Å²) in [6, 6.07) is 19.8. The van der Waals surface area contributed by atoms with Crippen molar-refractivity contribution in [2.24, 2.45) is 5.92 Å². The Kier molecular flexibility index (Phi) is 7.29. The smallest absolute Gasteiger partial charge is 0.299 e. The summed E-state index contributed by atoms with van der Waals surface area (Å²) in [4.78, 5) is 11.1. The zero-order chi connectivity index (χ0) is 26.0. The average Bonchev–Trinajstić information content (AvgIpc) is 3.30. The Morgan fingerprint density at radius 2 is 1.36 bits per heavy atom. The molecule has 0 radical (unpaired) electrons. The molecule has 0 spiro atoms. The number of hydrogen-bond donors (Lipinski definition) is 0. The lowest BCUT2D eigenvalue weighted by atomic mass is 9.94. The van der Waals surface area contributed by atoms with Crippen LogP contribution in [0.15, 0.2) is 107 Å². The van der Waals surface area contributed by atoms with Crippen molar-refractivity contribution in [3.8, 4) is 0 Å². The van der Waals surface area contributed by atoms with Gasteiger partial charge in [0.15, 0.2) is 0 Å². The van der Waals surface area contributed by atoms with Crippen LogP contribution in [0.2, 0.25) is 0 Å². The minimum Gasteiger partial charge on any atom is -0.299 e. The van der Waals surface area contributed by atoms with Crippen molar-refractivity contribution in [3.63, 3.8) is 0 Å². The van der Waals surface area contributed by atoms with Crippen LogP contribution in [-0.2, 0) is 30.9 Å². The van der Waals surface area contributed by atoms with Crippen LogP contribution in [0.3, 0.4) is 0 Å². The van der Waals surface area contributed by atoms with Crippen LogP contribution in [-0.4, -0.2) is 27.0 Å². The van der Waals surface area contributed by atoms with Gasteiger partial charge in [-0.15, -0.1) is 6.58 Å². The Bertz CT molecular complexity index is 1380. The summed E-state index contributed by atoms with van der Waals surface area (Å²) in [6.07, 6.45) is 3.80. The van der Waals surface area contributed by atoms with Crippen LogP contribution >= 0.6 is 0 Å².